The number of hydrogen-bond donors (Lipinski definition) is 1. The van der Waals surface area contributed by atoms with E-state index in [1.165, 1.54) is 0 Å². The summed E-state index contributed by atoms with van der Waals surface area (Å²) in [4.78, 5) is 36.3. The van der Waals surface area contributed by atoms with E-state index in [2.05, 4.69) is 0 Å². The Balaban J connectivity index is 2.34. The number of likely N-dealkylation sites (tertiary alicyclic amines) is 1. The molecule has 0 spiro atoms. The summed E-state index contributed by atoms with van der Waals surface area (Å²) in [5, 5.41) is 9.43. The Morgan fingerprint density at radius 2 is 1.53 bits per heavy atom. The third kappa shape index (κ3) is 1.94. The molecule has 2 aliphatic rings. The highest BCUT2D eigenvalue weighted by Gasteiger charge is 2.50. The van der Waals surface area contributed by atoms with Crippen molar-refractivity contribution in [2.75, 3.05) is 0 Å². The highest BCUT2D eigenvalue weighted by molar-refractivity contribution is 6.02. The van der Waals surface area contributed by atoms with Gasteiger partial charge in [0.05, 0.1) is 0 Å². The number of nitrogens with zero attached hydrogens (tertiary/aromatic N) is 1. The van der Waals surface area contributed by atoms with E-state index in [0.717, 1.165) is 24.2 Å². The Bertz CT molecular complexity index is 342. The summed E-state index contributed by atoms with van der Waals surface area (Å²) >= 11 is 0. The van der Waals surface area contributed by atoms with Crippen molar-refractivity contribution in [3.05, 3.63) is 0 Å². The van der Waals surface area contributed by atoms with Crippen LogP contribution in [-0.4, -0.2) is 33.3 Å². The molecule has 1 saturated carbocycles. The average molecular weight is 239 g/mol. The fraction of sp³-hybridized carbons (Fsp3) is 0.750. The first kappa shape index (κ1) is 12.1. The molecule has 2 fully saturated rings. The molecule has 0 radical (unpaired) electrons. The summed E-state index contributed by atoms with van der Waals surface area (Å²) in [5.41, 5.74) is -1.26. The van der Waals surface area contributed by atoms with Crippen LogP contribution in [0.25, 0.3) is 0 Å². The molecular formula is C12H17NO4. The maximum absolute atomic E-state index is 11.9. The van der Waals surface area contributed by atoms with E-state index in [1.807, 2.05) is 0 Å². The normalized spacial score (nSPS) is 24.8. The van der Waals surface area contributed by atoms with Gasteiger partial charge in [0.1, 0.15) is 5.54 Å². The van der Waals surface area contributed by atoms with E-state index in [1.54, 1.807) is 0 Å². The number of piperidine rings is 1. The summed E-state index contributed by atoms with van der Waals surface area (Å²) in [5.74, 6) is -1.66. The van der Waals surface area contributed by atoms with Gasteiger partial charge in [0.25, 0.3) is 0 Å². The molecule has 0 bridgehead atoms. The van der Waals surface area contributed by atoms with Crippen LogP contribution in [0.3, 0.4) is 0 Å². The van der Waals surface area contributed by atoms with E-state index >= 15 is 0 Å². The van der Waals surface area contributed by atoms with Gasteiger partial charge in [-0.15, -0.1) is 0 Å². The van der Waals surface area contributed by atoms with Crippen LogP contribution in [-0.2, 0) is 14.4 Å². The van der Waals surface area contributed by atoms with Gasteiger partial charge < -0.3 is 5.11 Å². The summed E-state index contributed by atoms with van der Waals surface area (Å²) in [6.07, 6.45) is 4.45. The van der Waals surface area contributed by atoms with Crippen molar-refractivity contribution in [1.29, 1.82) is 0 Å². The van der Waals surface area contributed by atoms with Crippen molar-refractivity contribution in [2.24, 2.45) is 0 Å². The second-order valence-electron chi connectivity index (χ2n) is 4.87. The number of rotatable bonds is 2. The summed E-state index contributed by atoms with van der Waals surface area (Å²) in [7, 11) is 0. The van der Waals surface area contributed by atoms with Crippen molar-refractivity contribution in [1.82, 2.24) is 4.90 Å². The van der Waals surface area contributed by atoms with E-state index in [0.29, 0.717) is 32.1 Å². The highest BCUT2D eigenvalue weighted by atomic mass is 16.4. The number of carboxylic acid groups (broad SMARTS) is 1. The Morgan fingerprint density at radius 1 is 1.00 bits per heavy atom. The third-order valence-electron chi connectivity index (χ3n) is 3.79. The molecule has 0 atom stereocenters. The molecule has 94 valence electrons. The van der Waals surface area contributed by atoms with Crippen molar-refractivity contribution in [3.8, 4) is 0 Å². The van der Waals surface area contributed by atoms with Gasteiger partial charge in [0, 0.05) is 12.8 Å². The molecule has 1 saturated heterocycles. The minimum Gasteiger partial charge on any atom is -0.479 e. The maximum Gasteiger partial charge on any atom is 0.330 e. The zero-order valence-electron chi connectivity index (χ0n) is 9.78. The summed E-state index contributed by atoms with van der Waals surface area (Å²) < 4.78 is 0. The summed E-state index contributed by atoms with van der Waals surface area (Å²) in [6.45, 7) is 0. The van der Waals surface area contributed by atoms with Crippen LogP contribution >= 0.6 is 0 Å². The van der Waals surface area contributed by atoms with Crippen LogP contribution in [0.1, 0.15) is 51.4 Å². The lowest BCUT2D eigenvalue weighted by molar-refractivity contribution is -0.171. The number of amides is 2. The smallest absolute Gasteiger partial charge is 0.330 e. The number of hydrogen-bond acceptors (Lipinski definition) is 3. The molecule has 1 aliphatic carbocycles. The molecule has 0 aromatic carbocycles. The maximum atomic E-state index is 11.9. The lowest BCUT2D eigenvalue weighted by Crippen LogP contribution is -2.61. The largest absolute Gasteiger partial charge is 0.479 e. The Labute approximate surface area is 99.8 Å². The zero-order valence-corrected chi connectivity index (χ0v) is 9.78. The molecule has 1 N–H and O–H groups in total. The van der Waals surface area contributed by atoms with Crippen molar-refractivity contribution < 1.29 is 19.5 Å². The molecule has 5 nitrogen and oxygen atoms in total. The average Bonchev–Trinajstić information content (AvgIpc) is 2.29. The van der Waals surface area contributed by atoms with Gasteiger partial charge in [-0.25, -0.2) is 4.79 Å². The SMILES string of the molecule is O=C1CCCC(=O)N1C1(C(=O)O)CCCCC1. The van der Waals surface area contributed by atoms with Crippen LogP contribution in [0.4, 0.5) is 0 Å². The van der Waals surface area contributed by atoms with Gasteiger partial charge in [-0.1, -0.05) is 19.3 Å². The monoisotopic (exact) mass is 239 g/mol. The first-order valence-corrected chi connectivity index (χ1v) is 6.17. The Hall–Kier alpha value is -1.39. The van der Waals surface area contributed by atoms with Gasteiger partial charge in [0.15, 0.2) is 0 Å². The minimum atomic E-state index is -1.26. The van der Waals surface area contributed by atoms with E-state index in [9.17, 15) is 19.5 Å². The fourth-order valence-corrected chi connectivity index (χ4v) is 2.90. The fourth-order valence-electron chi connectivity index (χ4n) is 2.90. The molecule has 2 rings (SSSR count). The first-order chi connectivity index (χ1) is 8.08. The van der Waals surface area contributed by atoms with Gasteiger partial charge in [-0.2, -0.15) is 0 Å². The topological polar surface area (TPSA) is 74.7 Å². The standard InChI is InChI=1S/C12H17NO4/c14-9-5-4-6-10(15)13(9)12(11(16)17)7-2-1-3-8-12/h1-8H2,(H,16,17). The molecular weight excluding hydrogens is 222 g/mol. The second kappa shape index (κ2) is 4.47. The zero-order chi connectivity index (χ0) is 12.5. The number of imide groups is 1. The molecule has 0 aromatic rings. The minimum absolute atomic E-state index is 0.292. The van der Waals surface area contributed by atoms with Crippen molar-refractivity contribution in [3.63, 3.8) is 0 Å². The van der Waals surface area contributed by atoms with E-state index in [4.69, 9.17) is 0 Å². The van der Waals surface area contributed by atoms with E-state index < -0.39 is 11.5 Å². The molecule has 2 amide bonds. The predicted octanol–water partition coefficient (Wildman–Crippen LogP) is 1.31. The molecule has 1 heterocycles. The number of aliphatic carboxylic acids is 1. The molecule has 1 aliphatic heterocycles. The lowest BCUT2D eigenvalue weighted by atomic mass is 9.79. The predicted molar refractivity (Wildman–Crippen MR) is 59.2 cm³/mol. The quantitative estimate of drug-likeness (QED) is 0.737. The molecule has 0 aromatic heterocycles. The number of carbonyl (C=O) groups is 3. The van der Waals surface area contributed by atoms with Crippen LogP contribution in [0.2, 0.25) is 0 Å². The third-order valence-corrected chi connectivity index (χ3v) is 3.79. The lowest BCUT2D eigenvalue weighted by Gasteiger charge is -2.43. The van der Waals surface area contributed by atoms with Crippen LogP contribution < -0.4 is 0 Å². The number of carboxylic acids is 1. The van der Waals surface area contributed by atoms with E-state index in [-0.39, 0.29) is 11.8 Å². The van der Waals surface area contributed by atoms with Crippen molar-refractivity contribution in [2.45, 2.75) is 56.9 Å². The van der Waals surface area contributed by atoms with Gasteiger partial charge in [-0.3, -0.25) is 14.5 Å². The van der Waals surface area contributed by atoms with Gasteiger partial charge >= 0.3 is 5.97 Å². The molecule has 5 heteroatoms. The van der Waals surface area contributed by atoms with Crippen LogP contribution in [0, 0.1) is 0 Å². The number of carbonyl (C=O) groups excluding carboxylic acids is 2. The molecule has 0 unspecified atom stereocenters. The van der Waals surface area contributed by atoms with Crippen LogP contribution in [0.5, 0.6) is 0 Å². The summed E-state index contributed by atoms with van der Waals surface area (Å²) in [6, 6.07) is 0. The first-order valence-electron chi connectivity index (χ1n) is 6.17. The Kier molecular flexibility index (Phi) is 3.17. The van der Waals surface area contributed by atoms with Crippen LogP contribution in [0.15, 0.2) is 0 Å². The van der Waals surface area contributed by atoms with Gasteiger partial charge in [0.2, 0.25) is 11.8 Å². The van der Waals surface area contributed by atoms with Gasteiger partial charge in [-0.05, 0) is 19.3 Å². The molecule has 17 heavy (non-hydrogen) atoms. The highest BCUT2D eigenvalue weighted by Crippen LogP contribution is 2.36. The van der Waals surface area contributed by atoms with Crippen molar-refractivity contribution >= 4 is 17.8 Å². The second-order valence-corrected chi connectivity index (χ2v) is 4.87. The Morgan fingerprint density at radius 3 is 2.00 bits per heavy atom.